The molecule has 0 aromatic rings. The normalized spacial score (nSPS) is 37.3. The summed E-state index contributed by atoms with van der Waals surface area (Å²) in [5, 5.41) is 9.83. The molecular formula is C13H23NO. The fourth-order valence-corrected chi connectivity index (χ4v) is 3.37. The first-order valence-electron chi connectivity index (χ1n) is 5.95. The molecule has 0 radical (unpaired) electrons. The molecule has 0 aliphatic carbocycles. The Labute approximate surface area is 93.0 Å². The van der Waals surface area contributed by atoms with E-state index in [2.05, 4.69) is 32.3 Å². The molecule has 15 heavy (non-hydrogen) atoms. The largest absolute Gasteiger partial charge is 0.392 e. The van der Waals surface area contributed by atoms with E-state index in [-0.39, 0.29) is 11.6 Å². The van der Waals surface area contributed by atoms with Crippen molar-refractivity contribution in [2.75, 3.05) is 13.1 Å². The van der Waals surface area contributed by atoms with E-state index in [4.69, 9.17) is 0 Å². The number of aliphatic hydroxyl groups excluding tert-OH is 1. The molecule has 0 spiro atoms. The van der Waals surface area contributed by atoms with Gasteiger partial charge in [0.05, 0.1) is 6.10 Å². The Morgan fingerprint density at radius 2 is 2.20 bits per heavy atom. The number of hydrogen-bond acceptors (Lipinski definition) is 2. The van der Waals surface area contributed by atoms with Gasteiger partial charge in [-0.3, -0.25) is 4.90 Å². The van der Waals surface area contributed by atoms with Crippen molar-refractivity contribution >= 4 is 0 Å². The van der Waals surface area contributed by atoms with Gasteiger partial charge in [-0.05, 0) is 24.7 Å². The van der Waals surface area contributed by atoms with E-state index in [9.17, 15) is 5.11 Å². The van der Waals surface area contributed by atoms with Crippen LogP contribution in [0.2, 0.25) is 0 Å². The molecule has 2 heterocycles. The third-order valence-corrected chi connectivity index (χ3v) is 3.77. The Bertz CT molecular complexity index is 279. The highest BCUT2D eigenvalue weighted by Gasteiger charge is 2.51. The van der Waals surface area contributed by atoms with Crippen molar-refractivity contribution in [1.82, 2.24) is 4.90 Å². The van der Waals surface area contributed by atoms with Crippen LogP contribution in [-0.4, -0.2) is 34.7 Å². The molecule has 2 saturated heterocycles. The maximum Gasteiger partial charge on any atom is 0.0688 e. The lowest BCUT2D eigenvalue weighted by Gasteiger charge is -2.38. The number of β-amino-alcohol motifs (C(OH)–C–C–N with tert-alkyl or cyclic N) is 1. The lowest BCUT2D eigenvalue weighted by atomic mass is 9.75. The number of hydrogen-bond donors (Lipinski definition) is 1. The monoisotopic (exact) mass is 209 g/mol. The van der Waals surface area contributed by atoms with E-state index < -0.39 is 0 Å². The van der Waals surface area contributed by atoms with Gasteiger partial charge in [0.1, 0.15) is 0 Å². The first-order valence-corrected chi connectivity index (χ1v) is 5.95. The van der Waals surface area contributed by atoms with Crippen LogP contribution in [-0.2, 0) is 0 Å². The van der Waals surface area contributed by atoms with E-state index in [1.165, 1.54) is 5.57 Å². The van der Waals surface area contributed by atoms with Gasteiger partial charge in [0, 0.05) is 18.6 Å². The van der Waals surface area contributed by atoms with Crippen LogP contribution in [0, 0.1) is 5.41 Å². The van der Waals surface area contributed by atoms with Gasteiger partial charge >= 0.3 is 0 Å². The molecule has 2 atom stereocenters. The summed E-state index contributed by atoms with van der Waals surface area (Å²) in [6, 6.07) is 0. The highest BCUT2D eigenvalue weighted by atomic mass is 16.3. The zero-order valence-electron chi connectivity index (χ0n) is 10.2. The van der Waals surface area contributed by atoms with Gasteiger partial charge in [0.2, 0.25) is 0 Å². The highest BCUT2D eigenvalue weighted by Crippen LogP contribution is 2.48. The van der Waals surface area contributed by atoms with Crippen molar-refractivity contribution in [3.05, 3.63) is 12.2 Å². The van der Waals surface area contributed by atoms with Crippen LogP contribution in [0.25, 0.3) is 0 Å². The van der Waals surface area contributed by atoms with Crippen LogP contribution in [0.3, 0.4) is 0 Å². The van der Waals surface area contributed by atoms with Gasteiger partial charge < -0.3 is 5.11 Å². The van der Waals surface area contributed by atoms with E-state index in [1.54, 1.807) is 0 Å². The minimum Gasteiger partial charge on any atom is -0.392 e. The Kier molecular flexibility index (Phi) is 2.47. The van der Waals surface area contributed by atoms with E-state index in [0.717, 1.165) is 32.4 Å². The SMILES string of the molecule is C=C1CCN2CC(O)C[C@@]12CC(C)(C)C. The fraction of sp³-hybridized carbons (Fsp3) is 0.846. The zero-order chi connectivity index (χ0) is 11.3. The summed E-state index contributed by atoms with van der Waals surface area (Å²) in [6.07, 6.45) is 2.98. The molecule has 1 unspecified atom stereocenters. The first kappa shape index (κ1) is 11.2. The molecule has 0 aromatic carbocycles. The summed E-state index contributed by atoms with van der Waals surface area (Å²) < 4.78 is 0. The molecule has 2 rings (SSSR count). The van der Waals surface area contributed by atoms with Gasteiger partial charge in [-0.1, -0.05) is 32.9 Å². The van der Waals surface area contributed by atoms with Crippen LogP contribution in [0.1, 0.15) is 40.0 Å². The maximum absolute atomic E-state index is 9.83. The number of fused-ring (bicyclic) bond motifs is 1. The molecule has 2 heteroatoms. The summed E-state index contributed by atoms with van der Waals surface area (Å²) in [7, 11) is 0. The van der Waals surface area contributed by atoms with Crippen LogP contribution < -0.4 is 0 Å². The molecular weight excluding hydrogens is 186 g/mol. The minimum atomic E-state index is -0.149. The molecule has 0 amide bonds. The maximum atomic E-state index is 9.83. The van der Waals surface area contributed by atoms with Crippen LogP contribution in [0.5, 0.6) is 0 Å². The summed E-state index contributed by atoms with van der Waals surface area (Å²) in [5.41, 5.74) is 1.75. The average molecular weight is 209 g/mol. The molecule has 2 aliphatic rings. The first-order chi connectivity index (χ1) is 6.83. The van der Waals surface area contributed by atoms with Crippen LogP contribution in [0.4, 0.5) is 0 Å². The van der Waals surface area contributed by atoms with Crippen molar-refractivity contribution in [2.45, 2.75) is 51.7 Å². The third kappa shape index (κ3) is 1.85. The van der Waals surface area contributed by atoms with Gasteiger partial charge in [-0.25, -0.2) is 0 Å². The van der Waals surface area contributed by atoms with Crippen molar-refractivity contribution in [3.8, 4) is 0 Å². The fourth-order valence-electron chi connectivity index (χ4n) is 3.37. The number of rotatable bonds is 1. The molecule has 2 aliphatic heterocycles. The molecule has 2 nitrogen and oxygen atoms in total. The number of aliphatic hydroxyl groups is 1. The molecule has 86 valence electrons. The van der Waals surface area contributed by atoms with Crippen molar-refractivity contribution in [3.63, 3.8) is 0 Å². The Morgan fingerprint density at radius 3 is 2.80 bits per heavy atom. The lowest BCUT2D eigenvalue weighted by Crippen LogP contribution is -2.42. The predicted octanol–water partition coefficient (Wildman–Crippen LogP) is 2.19. The van der Waals surface area contributed by atoms with Crippen molar-refractivity contribution < 1.29 is 5.11 Å². The van der Waals surface area contributed by atoms with Gasteiger partial charge in [-0.2, -0.15) is 0 Å². The van der Waals surface area contributed by atoms with E-state index >= 15 is 0 Å². The Balaban J connectivity index is 2.25. The van der Waals surface area contributed by atoms with Crippen LogP contribution in [0.15, 0.2) is 12.2 Å². The molecule has 1 N–H and O–H groups in total. The second-order valence-electron chi connectivity index (χ2n) is 6.43. The predicted molar refractivity (Wildman–Crippen MR) is 62.8 cm³/mol. The summed E-state index contributed by atoms with van der Waals surface area (Å²) in [6.45, 7) is 13.0. The lowest BCUT2D eigenvalue weighted by molar-refractivity contribution is 0.155. The van der Waals surface area contributed by atoms with E-state index in [1.807, 2.05) is 0 Å². The topological polar surface area (TPSA) is 23.5 Å². The Morgan fingerprint density at radius 1 is 1.53 bits per heavy atom. The highest BCUT2D eigenvalue weighted by molar-refractivity contribution is 5.27. The van der Waals surface area contributed by atoms with Crippen LogP contribution >= 0.6 is 0 Å². The molecule has 0 bridgehead atoms. The average Bonchev–Trinajstić information content (AvgIpc) is 2.47. The standard InChI is InChI=1S/C13H23NO/c1-10-5-6-14-8-11(15)7-13(10,14)9-12(2,3)4/h11,15H,1,5-9H2,2-4H3/t11?,13-/m1/s1. The zero-order valence-corrected chi connectivity index (χ0v) is 10.2. The van der Waals surface area contributed by atoms with Gasteiger partial charge in [-0.15, -0.1) is 0 Å². The van der Waals surface area contributed by atoms with E-state index in [0.29, 0.717) is 5.41 Å². The van der Waals surface area contributed by atoms with Crippen molar-refractivity contribution in [1.29, 1.82) is 0 Å². The third-order valence-electron chi connectivity index (χ3n) is 3.77. The summed E-state index contributed by atoms with van der Waals surface area (Å²) >= 11 is 0. The smallest absolute Gasteiger partial charge is 0.0688 e. The van der Waals surface area contributed by atoms with Gasteiger partial charge in [0.15, 0.2) is 0 Å². The Hall–Kier alpha value is -0.340. The van der Waals surface area contributed by atoms with Crippen molar-refractivity contribution in [2.24, 2.45) is 5.41 Å². The molecule has 2 fully saturated rings. The second-order valence-corrected chi connectivity index (χ2v) is 6.43. The quantitative estimate of drug-likeness (QED) is 0.669. The second kappa shape index (κ2) is 3.33. The minimum absolute atomic E-state index is 0.109. The number of nitrogens with zero attached hydrogens (tertiary/aromatic N) is 1. The molecule has 0 aromatic heterocycles. The summed E-state index contributed by atoms with van der Waals surface area (Å²) in [4.78, 5) is 2.45. The molecule has 0 saturated carbocycles. The summed E-state index contributed by atoms with van der Waals surface area (Å²) in [5.74, 6) is 0. The van der Waals surface area contributed by atoms with Gasteiger partial charge in [0.25, 0.3) is 0 Å².